The van der Waals surface area contributed by atoms with Gasteiger partial charge in [0.25, 0.3) is 0 Å². The van der Waals surface area contributed by atoms with Gasteiger partial charge in [0.1, 0.15) is 6.54 Å². The Morgan fingerprint density at radius 1 is 1.17 bits per heavy atom. The lowest BCUT2D eigenvalue weighted by Gasteiger charge is -2.33. The normalized spacial score (nSPS) is 17.8. The van der Waals surface area contributed by atoms with E-state index in [1.54, 1.807) is 11.8 Å². The van der Waals surface area contributed by atoms with Gasteiger partial charge in [-0.3, -0.25) is 19.6 Å². The minimum Gasteiger partial charge on any atom is -0.465 e. The summed E-state index contributed by atoms with van der Waals surface area (Å²) in [6.45, 7) is 2.80. The third-order valence-corrected chi connectivity index (χ3v) is 5.54. The van der Waals surface area contributed by atoms with Gasteiger partial charge in [0, 0.05) is 37.3 Å². The Labute approximate surface area is 172 Å². The largest absolute Gasteiger partial charge is 0.465 e. The predicted molar refractivity (Wildman–Crippen MR) is 110 cm³/mol. The van der Waals surface area contributed by atoms with E-state index in [2.05, 4.69) is 9.97 Å². The standard InChI is InChI=1S/C23H29N3O3/c1-2-29-22(27)17-26-15-3-4-21(23(26)28)16-20(19-9-13-25-14-10-19)6-5-18-7-11-24-12-8-18/h7-14,20-21H,2-6,15-17H2,1H3. The maximum atomic E-state index is 13.0. The Balaban J connectivity index is 1.67. The number of pyridine rings is 2. The van der Waals surface area contributed by atoms with Crippen molar-refractivity contribution in [2.45, 2.75) is 44.9 Å². The minimum absolute atomic E-state index is 0.0557. The lowest BCUT2D eigenvalue weighted by Crippen LogP contribution is -2.44. The van der Waals surface area contributed by atoms with Crippen LogP contribution in [0.25, 0.3) is 0 Å². The molecule has 0 bridgehead atoms. The summed E-state index contributed by atoms with van der Waals surface area (Å²) in [5.74, 6) is -0.0476. The molecule has 0 radical (unpaired) electrons. The number of esters is 1. The van der Waals surface area contributed by atoms with Gasteiger partial charge in [-0.05, 0) is 80.3 Å². The monoisotopic (exact) mass is 395 g/mol. The number of piperidine rings is 1. The van der Waals surface area contributed by atoms with Crippen molar-refractivity contribution in [1.29, 1.82) is 0 Å². The van der Waals surface area contributed by atoms with Crippen LogP contribution in [0.1, 0.15) is 49.7 Å². The molecular weight excluding hydrogens is 366 g/mol. The number of aryl methyl sites for hydroxylation is 1. The molecule has 154 valence electrons. The Bertz CT molecular complexity index is 782. The second kappa shape index (κ2) is 10.7. The number of carbonyl (C=O) groups excluding carboxylic acids is 2. The van der Waals surface area contributed by atoms with Crippen molar-refractivity contribution < 1.29 is 14.3 Å². The van der Waals surface area contributed by atoms with Crippen LogP contribution in [-0.4, -0.2) is 46.4 Å². The molecule has 2 atom stereocenters. The molecule has 0 spiro atoms. The summed E-state index contributed by atoms with van der Waals surface area (Å²) in [6, 6.07) is 8.16. The lowest BCUT2D eigenvalue weighted by atomic mass is 9.81. The van der Waals surface area contributed by atoms with Gasteiger partial charge in [0.2, 0.25) is 5.91 Å². The predicted octanol–water partition coefficient (Wildman–Crippen LogP) is 3.38. The highest BCUT2D eigenvalue weighted by atomic mass is 16.5. The summed E-state index contributed by atoms with van der Waals surface area (Å²) in [4.78, 5) is 34.7. The highest BCUT2D eigenvalue weighted by molar-refractivity contribution is 5.84. The second-order valence-electron chi connectivity index (χ2n) is 7.51. The van der Waals surface area contributed by atoms with Gasteiger partial charge in [-0.2, -0.15) is 0 Å². The number of carbonyl (C=O) groups is 2. The summed E-state index contributed by atoms with van der Waals surface area (Å²) in [7, 11) is 0. The number of ether oxygens (including phenoxy) is 1. The zero-order valence-corrected chi connectivity index (χ0v) is 17.0. The van der Waals surface area contributed by atoms with Crippen LogP contribution < -0.4 is 0 Å². The summed E-state index contributed by atoms with van der Waals surface area (Å²) >= 11 is 0. The lowest BCUT2D eigenvalue weighted by molar-refractivity contribution is -0.152. The van der Waals surface area contributed by atoms with Crippen molar-refractivity contribution in [3.05, 3.63) is 60.2 Å². The second-order valence-corrected chi connectivity index (χ2v) is 7.51. The quantitative estimate of drug-likeness (QED) is 0.609. The van der Waals surface area contributed by atoms with Crippen molar-refractivity contribution in [3.8, 4) is 0 Å². The van der Waals surface area contributed by atoms with Gasteiger partial charge in [0.15, 0.2) is 0 Å². The summed E-state index contributed by atoms with van der Waals surface area (Å²) in [5.41, 5.74) is 2.46. The molecule has 6 heteroatoms. The van der Waals surface area contributed by atoms with Crippen molar-refractivity contribution in [1.82, 2.24) is 14.9 Å². The fourth-order valence-electron chi connectivity index (χ4n) is 4.05. The third kappa shape index (κ3) is 6.11. The number of likely N-dealkylation sites (tertiary alicyclic amines) is 1. The van der Waals surface area contributed by atoms with Crippen molar-refractivity contribution in [2.24, 2.45) is 5.92 Å². The molecule has 1 fully saturated rings. The molecule has 1 aliphatic heterocycles. The molecule has 2 aromatic rings. The summed E-state index contributed by atoms with van der Waals surface area (Å²) in [6.07, 6.45) is 11.7. The van der Waals surface area contributed by atoms with Gasteiger partial charge in [0.05, 0.1) is 6.61 Å². The van der Waals surface area contributed by atoms with E-state index in [0.717, 1.165) is 32.1 Å². The van der Waals surface area contributed by atoms with E-state index in [-0.39, 0.29) is 30.3 Å². The molecule has 3 rings (SSSR count). The van der Waals surface area contributed by atoms with Gasteiger partial charge in [-0.15, -0.1) is 0 Å². The summed E-state index contributed by atoms with van der Waals surface area (Å²) in [5, 5.41) is 0. The van der Waals surface area contributed by atoms with Crippen LogP contribution >= 0.6 is 0 Å². The van der Waals surface area contributed by atoms with E-state index in [1.165, 1.54) is 11.1 Å². The van der Waals surface area contributed by atoms with E-state index < -0.39 is 0 Å². The molecule has 0 aliphatic carbocycles. The van der Waals surface area contributed by atoms with Crippen LogP contribution in [0.2, 0.25) is 0 Å². The average molecular weight is 396 g/mol. The van der Waals surface area contributed by atoms with Gasteiger partial charge < -0.3 is 9.64 Å². The van der Waals surface area contributed by atoms with Gasteiger partial charge in [-0.1, -0.05) is 0 Å². The van der Waals surface area contributed by atoms with Crippen LogP contribution in [0.5, 0.6) is 0 Å². The zero-order valence-electron chi connectivity index (χ0n) is 17.0. The Hall–Kier alpha value is -2.76. The van der Waals surface area contributed by atoms with E-state index in [0.29, 0.717) is 13.2 Å². The molecule has 29 heavy (non-hydrogen) atoms. The zero-order chi connectivity index (χ0) is 20.5. The maximum absolute atomic E-state index is 13.0. The van der Waals surface area contributed by atoms with E-state index in [4.69, 9.17) is 4.74 Å². The van der Waals surface area contributed by atoms with Crippen LogP contribution in [0.3, 0.4) is 0 Å². The first-order chi connectivity index (χ1) is 14.2. The first-order valence-corrected chi connectivity index (χ1v) is 10.4. The smallest absolute Gasteiger partial charge is 0.325 e. The minimum atomic E-state index is -0.329. The first-order valence-electron chi connectivity index (χ1n) is 10.4. The number of hydrogen-bond acceptors (Lipinski definition) is 5. The molecule has 0 N–H and O–H groups in total. The molecule has 0 saturated carbocycles. The van der Waals surface area contributed by atoms with Gasteiger partial charge >= 0.3 is 5.97 Å². The molecule has 6 nitrogen and oxygen atoms in total. The molecule has 2 aromatic heterocycles. The van der Waals surface area contributed by atoms with E-state index >= 15 is 0 Å². The molecular formula is C23H29N3O3. The fraction of sp³-hybridized carbons (Fsp3) is 0.478. The molecule has 1 amide bonds. The Morgan fingerprint density at radius 3 is 2.55 bits per heavy atom. The van der Waals surface area contributed by atoms with Crippen molar-refractivity contribution in [2.75, 3.05) is 19.7 Å². The van der Waals surface area contributed by atoms with Gasteiger partial charge in [-0.25, -0.2) is 0 Å². The topological polar surface area (TPSA) is 72.4 Å². The average Bonchev–Trinajstić information content (AvgIpc) is 2.75. The van der Waals surface area contributed by atoms with Crippen LogP contribution in [0.4, 0.5) is 0 Å². The maximum Gasteiger partial charge on any atom is 0.325 e. The van der Waals surface area contributed by atoms with Crippen molar-refractivity contribution >= 4 is 11.9 Å². The van der Waals surface area contributed by atoms with E-state index in [1.807, 2.05) is 49.1 Å². The van der Waals surface area contributed by atoms with Crippen LogP contribution in [0.15, 0.2) is 49.1 Å². The molecule has 2 unspecified atom stereocenters. The molecule has 3 heterocycles. The molecule has 0 aromatic carbocycles. The fourth-order valence-corrected chi connectivity index (χ4v) is 4.05. The number of nitrogens with zero attached hydrogens (tertiary/aromatic N) is 3. The third-order valence-electron chi connectivity index (χ3n) is 5.54. The number of aromatic nitrogens is 2. The Kier molecular flexibility index (Phi) is 7.73. The van der Waals surface area contributed by atoms with Crippen LogP contribution in [0, 0.1) is 5.92 Å². The van der Waals surface area contributed by atoms with E-state index in [9.17, 15) is 9.59 Å². The first kappa shape index (κ1) is 21.0. The SMILES string of the molecule is CCOC(=O)CN1CCCC(CC(CCc2ccncc2)c2ccncc2)C1=O. The van der Waals surface area contributed by atoms with Crippen LogP contribution in [-0.2, 0) is 20.7 Å². The number of hydrogen-bond donors (Lipinski definition) is 0. The number of amides is 1. The molecule has 1 saturated heterocycles. The highest BCUT2D eigenvalue weighted by Gasteiger charge is 2.32. The number of rotatable bonds is 9. The Morgan fingerprint density at radius 2 is 1.86 bits per heavy atom. The van der Waals surface area contributed by atoms with Crippen molar-refractivity contribution in [3.63, 3.8) is 0 Å². The summed E-state index contributed by atoms with van der Waals surface area (Å²) < 4.78 is 5.02. The highest BCUT2D eigenvalue weighted by Crippen LogP contribution is 2.33. The molecule has 1 aliphatic rings.